The summed E-state index contributed by atoms with van der Waals surface area (Å²) in [6.45, 7) is 6.38. The van der Waals surface area contributed by atoms with Gasteiger partial charge in [-0.05, 0) is 42.7 Å². The molecule has 2 aromatic carbocycles. The summed E-state index contributed by atoms with van der Waals surface area (Å²) < 4.78 is 5.97. The monoisotopic (exact) mass is 280 g/mol. The number of aromatic nitrogens is 2. The number of fused-ring (bicyclic) bond motifs is 1. The van der Waals surface area contributed by atoms with E-state index in [2.05, 4.69) is 35.9 Å². The van der Waals surface area contributed by atoms with Crippen molar-refractivity contribution in [1.29, 1.82) is 0 Å². The summed E-state index contributed by atoms with van der Waals surface area (Å²) in [5, 5.41) is 0. The summed E-state index contributed by atoms with van der Waals surface area (Å²) in [5.74, 6) is 2.25. The first-order valence-corrected chi connectivity index (χ1v) is 7.35. The van der Waals surface area contributed by atoms with E-state index in [0.29, 0.717) is 5.92 Å². The molecule has 0 radical (unpaired) electrons. The fourth-order valence-corrected chi connectivity index (χ4v) is 2.36. The van der Waals surface area contributed by atoms with Crippen molar-refractivity contribution in [3.8, 4) is 5.75 Å². The minimum atomic E-state index is -0.109. The zero-order chi connectivity index (χ0) is 14.8. The molecule has 1 aromatic heterocycles. The van der Waals surface area contributed by atoms with Crippen LogP contribution in [0.1, 0.15) is 44.2 Å². The molecule has 0 aliphatic carbocycles. The maximum Gasteiger partial charge on any atom is 0.153 e. The molecule has 0 saturated carbocycles. The van der Waals surface area contributed by atoms with Gasteiger partial charge in [-0.25, -0.2) is 4.98 Å². The van der Waals surface area contributed by atoms with E-state index in [-0.39, 0.29) is 6.10 Å². The average Bonchev–Trinajstić information content (AvgIpc) is 2.92. The second-order valence-corrected chi connectivity index (χ2v) is 5.62. The fraction of sp³-hybridized carbons (Fsp3) is 0.278. The second-order valence-electron chi connectivity index (χ2n) is 5.62. The Bertz CT molecular complexity index is 695. The summed E-state index contributed by atoms with van der Waals surface area (Å²) >= 11 is 0. The summed E-state index contributed by atoms with van der Waals surface area (Å²) in [7, 11) is 0. The average molecular weight is 280 g/mol. The van der Waals surface area contributed by atoms with Gasteiger partial charge in [-0.2, -0.15) is 0 Å². The number of hydrogen-bond acceptors (Lipinski definition) is 2. The Morgan fingerprint density at radius 3 is 2.33 bits per heavy atom. The van der Waals surface area contributed by atoms with Crippen molar-refractivity contribution in [2.24, 2.45) is 0 Å². The van der Waals surface area contributed by atoms with Gasteiger partial charge in [0, 0.05) is 0 Å². The van der Waals surface area contributed by atoms with Gasteiger partial charge in [-0.3, -0.25) is 0 Å². The highest BCUT2D eigenvalue weighted by Gasteiger charge is 2.12. The molecule has 3 rings (SSSR count). The van der Waals surface area contributed by atoms with E-state index in [1.165, 1.54) is 5.56 Å². The van der Waals surface area contributed by atoms with E-state index in [9.17, 15) is 0 Å². The van der Waals surface area contributed by atoms with Crippen molar-refractivity contribution < 1.29 is 4.74 Å². The molecule has 0 saturated heterocycles. The molecule has 21 heavy (non-hydrogen) atoms. The lowest BCUT2D eigenvalue weighted by Crippen LogP contribution is -2.05. The Balaban J connectivity index is 1.77. The molecule has 3 nitrogen and oxygen atoms in total. The maximum absolute atomic E-state index is 5.97. The van der Waals surface area contributed by atoms with Crippen molar-refractivity contribution in [2.45, 2.75) is 32.8 Å². The molecule has 3 aromatic rings. The zero-order valence-corrected chi connectivity index (χ0v) is 12.6. The van der Waals surface area contributed by atoms with E-state index in [1.807, 2.05) is 43.3 Å². The lowest BCUT2D eigenvalue weighted by Gasteiger charge is -2.13. The van der Waals surface area contributed by atoms with Crippen LogP contribution >= 0.6 is 0 Å². The van der Waals surface area contributed by atoms with Crippen LogP contribution in [-0.4, -0.2) is 9.97 Å². The van der Waals surface area contributed by atoms with Gasteiger partial charge in [-0.1, -0.05) is 38.1 Å². The van der Waals surface area contributed by atoms with Crippen LogP contribution in [0.3, 0.4) is 0 Å². The van der Waals surface area contributed by atoms with Crippen molar-refractivity contribution >= 4 is 11.0 Å². The third kappa shape index (κ3) is 2.92. The number of rotatable bonds is 4. The molecule has 1 N–H and O–H groups in total. The zero-order valence-electron chi connectivity index (χ0n) is 12.6. The first kappa shape index (κ1) is 13.7. The lowest BCUT2D eigenvalue weighted by molar-refractivity contribution is 0.218. The predicted octanol–water partition coefficient (Wildman–Crippen LogP) is 4.83. The van der Waals surface area contributed by atoms with Gasteiger partial charge in [0.25, 0.3) is 0 Å². The molecule has 3 heteroatoms. The molecular formula is C18H20N2O. The topological polar surface area (TPSA) is 37.9 Å². The molecule has 1 unspecified atom stereocenters. The maximum atomic E-state index is 5.97. The van der Waals surface area contributed by atoms with Gasteiger partial charge in [0.1, 0.15) is 11.6 Å². The largest absolute Gasteiger partial charge is 0.483 e. The number of nitrogens with one attached hydrogen (secondary N) is 1. The Morgan fingerprint density at radius 1 is 0.952 bits per heavy atom. The Morgan fingerprint density at radius 2 is 1.67 bits per heavy atom. The number of ether oxygens (including phenoxy) is 1. The number of benzene rings is 2. The van der Waals surface area contributed by atoms with Crippen molar-refractivity contribution in [3.63, 3.8) is 0 Å². The van der Waals surface area contributed by atoms with Crippen LogP contribution in [0.15, 0.2) is 48.5 Å². The second kappa shape index (κ2) is 5.60. The smallest absolute Gasteiger partial charge is 0.153 e. The van der Waals surface area contributed by atoms with Gasteiger partial charge in [0.15, 0.2) is 6.10 Å². The Kier molecular flexibility index (Phi) is 3.65. The van der Waals surface area contributed by atoms with Gasteiger partial charge in [-0.15, -0.1) is 0 Å². The summed E-state index contributed by atoms with van der Waals surface area (Å²) in [6.07, 6.45) is -0.109. The van der Waals surface area contributed by atoms with Gasteiger partial charge in [0.05, 0.1) is 11.0 Å². The Hall–Kier alpha value is -2.29. The Labute approximate surface area is 125 Å². The minimum absolute atomic E-state index is 0.109. The number of imidazole rings is 1. The van der Waals surface area contributed by atoms with Gasteiger partial charge >= 0.3 is 0 Å². The van der Waals surface area contributed by atoms with E-state index in [4.69, 9.17) is 4.74 Å². The van der Waals surface area contributed by atoms with Crippen LogP contribution in [-0.2, 0) is 0 Å². The van der Waals surface area contributed by atoms with Crippen LogP contribution in [0, 0.1) is 0 Å². The number of aromatic amines is 1. The third-order valence-electron chi connectivity index (χ3n) is 3.65. The van der Waals surface area contributed by atoms with Crippen molar-refractivity contribution in [1.82, 2.24) is 9.97 Å². The van der Waals surface area contributed by atoms with Gasteiger partial charge < -0.3 is 9.72 Å². The quantitative estimate of drug-likeness (QED) is 0.743. The first-order valence-electron chi connectivity index (χ1n) is 7.35. The number of nitrogens with zero attached hydrogens (tertiary/aromatic N) is 1. The predicted molar refractivity (Wildman–Crippen MR) is 85.7 cm³/mol. The van der Waals surface area contributed by atoms with E-state index < -0.39 is 0 Å². The van der Waals surface area contributed by atoms with Crippen LogP contribution in [0.2, 0.25) is 0 Å². The molecule has 0 bridgehead atoms. The highest BCUT2D eigenvalue weighted by atomic mass is 16.5. The molecule has 0 aliphatic heterocycles. The molecule has 0 aliphatic rings. The van der Waals surface area contributed by atoms with E-state index in [1.54, 1.807) is 0 Å². The molecule has 1 atom stereocenters. The SMILES string of the molecule is CC(C)c1ccc(OC(C)c2nc3ccccc3[nH]2)cc1. The number of H-pyrrole nitrogens is 1. The summed E-state index contributed by atoms with van der Waals surface area (Å²) in [4.78, 5) is 7.88. The molecule has 0 spiro atoms. The molecule has 0 fully saturated rings. The fourth-order valence-electron chi connectivity index (χ4n) is 2.36. The highest BCUT2D eigenvalue weighted by molar-refractivity contribution is 5.74. The minimum Gasteiger partial charge on any atom is -0.483 e. The van der Waals surface area contributed by atoms with Crippen LogP contribution in [0.4, 0.5) is 0 Å². The summed E-state index contributed by atoms with van der Waals surface area (Å²) in [6, 6.07) is 16.3. The number of hydrogen-bond donors (Lipinski definition) is 1. The molecular weight excluding hydrogens is 260 g/mol. The van der Waals surface area contributed by atoms with E-state index in [0.717, 1.165) is 22.6 Å². The number of para-hydroxylation sites is 2. The molecule has 1 heterocycles. The van der Waals surface area contributed by atoms with Crippen LogP contribution < -0.4 is 4.74 Å². The van der Waals surface area contributed by atoms with Crippen molar-refractivity contribution in [3.05, 3.63) is 59.9 Å². The van der Waals surface area contributed by atoms with Crippen LogP contribution in [0.25, 0.3) is 11.0 Å². The normalized spacial score (nSPS) is 12.8. The van der Waals surface area contributed by atoms with Crippen molar-refractivity contribution in [2.75, 3.05) is 0 Å². The first-order chi connectivity index (χ1) is 10.1. The molecule has 108 valence electrons. The molecule has 0 amide bonds. The van der Waals surface area contributed by atoms with Crippen LogP contribution in [0.5, 0.6) is 5.75 Å². The van der Waals surface area contributed by atoms with E-state index >= 15 is 0 Å². The van der Waals surface area contributed by atoms with Gasteiger partial charge in [0.2, 0.25) is 0 Å². The highest BCUT2D eigenvalue weighted by Crippen LogP contribution is 2.24. The standard InChI is InChI=1S/C18H20N2O/c1-12(2)14-8-10-15(11-9-14)21-13(3)18-19-16-6-4-5-7-17(16)20-18/h4-13H,1-3H3,(H,19,20). The summed E-state index contributed by atoms with van der Waals surface area (Å²) in [5.41, 5.74) is 3.33. The lowest BCUT2D eigenvalue weighted by atomic mass is 10.0. The third-order valence-corrected chi connectivity index (χ3v) is 3.65.